The van der Waals surface area contributed by atoms with Crippen molar-refractivity contribution in [2.24, 2.45) is 0 Å². The average Bonchev–Trinajstić information content (AvgIpc) is 2.80. The van der Waals surface area contributed by atoms with Crippen molar-refractivity contribution >= 4 is 33.3 Å². The van der Waals surface area contributed by atoms with E-state index >= 15 is 0 Å². The smallest absolute Gasteiger partial charge is 0.224 e. The summed E-state index contributed by atoms with van der Waals surface area (Å²) in [7, 11) is 4.30. The summed E-state index contributed by atoms with van der Waals surface area (Å²) in [5.41, 5.74) is 0.233. The van der Waals surface area contributed by atoms with Gasteiger partial charge in [-0.2, -0.15) is 4.98 Å². The van der Waals surface area contributed by atoms with E-state index < -0.39 is 0 Å². The molecule has 1 aromatic heterocycles. The van der Waals surface area contributed by atoms with Crippen molar-refractivity contribution in [3.05, 3.63) is 16.0 Å². The zero-order valence-corrected chi connectivity index (χ0v) is 13.1. The number of halogens is 2. The van der Waals surface area contributed by atoms with Crippen LogP contribution in [0.15, 0.2) is 10.7 Å². The Morgan fingerprint density at radius 1 is 1.44 bits per heavy atom. The third kappa shape index (κ3) is 2.95. The molecule has 18 heavy (non-hydrogen) atoms. The monoisotopic (exact) mass is 332 g/mol. The quantitative estimate of drug-likeness (QED) is 0.859. The second kappa shape index (κ2) is 5.72. The molecule has 1 saturated carbocycles. The maximum Gasteiger partial charge on any atom is 0.224 e. The van der Waals surface area contributed by atoms with E-state index in [0.29, 0.717) is 0 Å². The number of likely N-dealkylation sites (N-methyl/N-ethyl adjacent to an activating group) is 1. The fourth-order valence-corrected chi connectivity index (χ4v) is 3.00. The maximum atomic E-state index is 5.82. The Hall–Kier alpha value is -0.390. The molecule has 1 aliphatic rings. The molecule has 1 aliphatic carbocycles. The Bertz CT molecular complexity index is 419. The molecule has 0 amide bonds. The van der Waals surface area contributed by atoms with Crippen molar-refractivity contribution < 1.29 is 0 Å². The van der Waals surface area contributed by atoms with E-state index in [0.717, 1.165) is 16.8 Å². The molecule has 4 nitrogen and oxygen atoms in total. The van der Waals surface area contributed by atoms with Crippen molar-refractivity contribution in [1.82, 2.24) is 14.9 Å². The Morgan fingerprint density at radius 3 is 2.72 bits per heavy atom. The lowest BCUT2D eigenvalue weighted by molar-refractivity contribution is 0.172. The second-order valence-electron chi connectivity index (χ2n) is 5.02. The summed E-state index contributed by atoms with van der Waals surface area (Å²) in [6, 6.07) is 0. The number of nitrogens with zero attached hydrogens (tertiary/aromatic N) is 3. The summed E-state index contributed by atoms with van der Waals surface area (Å²) in [5.74, 6) is 0.767. The maximum absolute atomic E-state index is 5.82. The molecule has 0 bridgehead atoms. The lowest BCUT2D eigenvalue weighted by Gasteiger charge is -2.36. The highest BCUT2D eigenvalue weighted by molar-refractivity contribution is 9.10. The molecule has 0 aromatic carbocycles. The summed E-state index contributed by atoms with van der Waals surface area (Å²) in [5, 5.41) is 3.66. The van der Waals surface area contributed by atoms with Crippen molar-refractivity contribution in [3.63, 3.8) is 0 Å². The second-order valence-corrected chi connectivity index (χ2v) is 6.21. The Balaban J connectivity index is 2.08. The van der Waals surface area contributed by atoms with Crippen LogP contribution in [0.2, 0.25) is 5.28 Å². The van der Waals surface area contributed by atoms with Crippen LogP contribution in [0.4, 0.5) is 5.82 Å². The van der Waals surface area contributed by atoms with E-state index in [4.69, 9.17) is 11.6 Å². The number of anilines is 1. The van der Waals surface area contributed by atoms with Crippen molar-refractivity contribution in [2.75, 3.05) is 26.0 Å². The van der Waals surface area contributed by atoms with E-state index in [2.05, 4.69) is 50.2 Å². The normalized spacial score (nSPS) is 18.3. The molecule has 0 aliphatic heterocycles. The highest BCUT2D eigenvalue weighted by Crippen LogP contribution is 2.34. The van der Waals surface area contributed by atoms with Gasteiger partial charge in [0.25, 0.3) is 0 Å². The molecule has 1 fully saturated rings. The summed E-state index contributed by atoms with van der Waals surface area (Å²) in [6.45, 7) is 0.881. The topological polar surface area (TPSA) is 41.0 Å². The molecule has 0 atom stereocenters. The molecule has 1 N–H and O–H groups in total. The summed E-state index contributed by atoms with van der Waals surface area (Å²) in [6.07, 6.45) is 6.72. The minimum Gasteiger partial charge on any atom is -0.367 e. The Kier molecular flexibility index (Phi) is 4.45. The van der Waals surface area contributed by atoms with Crippen LogP contribution in [0.3, 0.4) is 0 Å². The third-order valence-corrected chi connectivity index (χ3v) is 4.54. The first kappa shape index (κ1) is 14.0. The van der Waals surface area contributed by atoms with Gasteiger partial charge in [-0.3, -0.25) is 0 Å². The van der Waals surface area contributed by atoms with Gasteiger partial charge in [0.1, 0.15) is 5.82 Å². The molecular weight excluding hydrogens is 316 g/mol. The number of nitrogens with one attached hydrogen (secondary N) is 1. The molecule has 1 heterocycles. The van der Waals surface area contributed by atoms with E-state index in [1.165, 1.54) is 25.7 Å². The van der Waals surface area contributed by atoms with Crippen LogP contribution in [-0.2, 0) is 0 Å². The molecule has 2 rings (SSSR count). The number of aromatic nitrogens is 2. The van der Waals surface area contributed by atoms with Crippen molar-refractivity contribution in [2.45, 2.75) is 31.2 Å². The highest BCUT2D eigenvalue weighted by Gasteiger charge is 2.35. The van der Waals surface area contributed by atoms with E-state index in [1.807, 2.05) is 0 Å². The number of hydrogen-bond acceptors (Lipinski definition) is 4. The SMILES string of the molecule is CN(C)C1(CNc2nc(Cl)ncc2Br)CCCC1. The van der Waals surface area contributed by atoms with Crippen LogP contribution in [0.5, 0.6) is 0 Å². The van der Waals surface area contributed by atoms with Gasteiger partial charge in [0.2, 0.25) is 5.28 Å². The van der Waals surface area contributed by atoms with Gasteiger partial charge in [0.05, 0.1) is 4.47 Å². The van der Waals surface area contributed by atoms with Gasteiger partial charge in [0.15, 0.2) is 0 Å². The Morgan fingerprint density at radius 2 is 2.11 bits per heavy atom. The standard InChI is InChI=1S/C12H18BrClN4/c1-18(2)12(5-3-4-6-12)8-16-10-9(13)7-15-11(14)17-10/h7H,3-6,8H2,1-2H3,(H,15,16,17). The number of hydrogen-bond donors (Lipinski definition) is 1. The van der Waals surface area contributed by atoms with Crippen LogP contribution in [-0.4, -0.2) is 41.0 Å². The van der Waals surface area contributed by atoms with Crippen LogP contribution in [0.25, 0.3) is 0 Å². The van der Waals surface area contributed by atoms with Gasteiger partial charge in [-0.1, -0.05) is 12.8 Å². The minimum absolute atomic E-state index is 0.233. The number of rotatable bonds is 4. The zero-order valence-electron chi connectivity index (χ0n) is 10.7. The van der Waals surface area contributed by atoms with E-state index in [-0.39, 0.29) is 10.8 Å². The molecule has 1 aromatic rings. The summed E-state index contributed by atoms with van der Waals surface area (Å²) < 4.78 is 0.846. The molecule has 100 valence electrons. The Labute approximate surface area is 121 Å². The minimum atomic E-state index is 0.233. The first-order valence-corrected chi connectivity index (χ1v) is 7.30. The highest BCUT2D eigenvalue weighted by atomic mass is 79.9. The van der Waals surface area contributed by atoms with E-state index in [9.17, 15) is 0 Å². The van der Waals surface area contributed by atoms with Crippen LogP contribution in [0, 0.1) is 0 Å². The van der Waals surface area contributed by atoms with Crippen molar-refractivity contribution in [3.8, 4) is 0 Å². The molecule has 0 saturated heterocycles. The average molecular weight is 334 g/mol. The molecule has 6 heteroatoms. The molecule has 0 spiro atoms. The van der Waals surface area contributed by atoms with Gasteiger partial charge >= 0.3 is 0 Å². The third-order valence-electron chi connectivity index (χ3n) is 3.78. The summed E-state index contributed by atoms with van der Waals surface area (Å²) in [4.78, 5) is 10.5. The van der Waals surface area contributed by atoms with Crippen LogP contribution in [0.1, 0.15) is 25.7 Å². The van der Waals surface area contributed by atoms with E-state index in [1.54, 1.807) is 6.20 Å². The first-order valence-electron chi connectivity index (χ1n) is 6.13. The molecular formula is C12H18BrClN4. The molecule has 0 radical (unpaired) electrons. The van der Waals surface area contributed by atoms with Crippen LogP contribution >= 0.6 is 27.5 Å². The van der Waals surface area contributed by atoms with Crippen LogP contribution < -0.4 is 5.32 Å². The fourth-order valence-electron chi connectivity index (χ4n) is 2.53. The largest absolute Gasteiger partial charge is 0.367 e. The van der Waals surface area contributed by atoms with Crippen molar-refractivity contribution in [1.29, 1.82) is 0 Å². The van der Waals surface area contributed by atoms with Gasteiger partial charge in [-0.05, 0) is 54.5 Å². The lowest BCUT2D eigenvalue weighted by atomic mass is 9.96. The molecule has 0 unspecified atom stereocenters. The lowest BCUT2D eigenvalue weighted by Crippen LogP contribution is -2.47. The zero-order chi connectivity index (χ0) is 13.2. The predicted octanol–water partition coefficient (Wildman–Crippen LogP) is 3.18. The predicted molar refractivity (Wildman–Crippen MR) is 78.1 cm³/mol. The fraction of sp³-hybridized carbons (Fsp3) is 0.667. The first-order chi connectivity index (χ1) is 8.53. The summed E-state index contributed by atoms with van der Waals surface area (Å²) >= 11 is 9.25. The van der Waals surface area contributed by atoms with Gasteiger partial charge in [-0.25, -0.2) is 4.98 Å². The van der Waals surface area contributed by atoms with Gasteiger partial charge < -0.3 is 10.2 Å². The van der Waals surface area contributed by atoms with Gasteiger partial charge in [0, 0.05) is 18.3 Å². The van der Waals surface area contributed by atoms with Gasteiger partial charge in [-0.15, -0.1) is 0 Å².